The van der Waals surface area contributed by atoms with Crippen molar-refractivity contribution in [2.75, 3.05) is 36.7 Å². The van der Waals surface area contributed by atoms with E-state index in [1.54, 1.807) is 6.26 Å². The fourth-order valence-electron chi connectivity index (χ4n) is 3.45. The van der Waals surface area contributed by atoms with E-state index in [4.69, 9.17) is 19.1 Å². The van der Waals surface area contributed by atoms with E-state index in [1.807, 2.05) is 11.8 Å². The van der Waals surface area contributed by atoms with Crippen LogP contribution in [-0.2, 0) is 20.1 Å². The van der Waals surface area contributed by atoms with Gasteiger partial charge in [0, 0.05) is 33.1 Å². The molecule has 0 aliphatic rings. The van der Waals surface area contributed by atoms with Crippen molar-refractivity contribution >= 4 is 30.8 Å². The lowest BCUT2D eigenvalue weighted by atomic mass is 10.0. The highest BCUT2D eigenvalue weighted by molar-refractivity contribution is 7.99. The Morgan fingerprint density at radius 1 is 0.818 bits per heavy atom. The van der Waals surface area contributed by atoms with Crippen LogP contribution in [0.3, 0.4) is 0 Å². The summed E-state index contributed by atoms with van der Waals surface area (Å²) in [5, 5.41) is 9.32. The summed E-state index contributed by atoms with van der Waals surface area (Å²) in [7, 11) is -3.69. The van der Waals surface area contributed by atoms with Crippen LogP contribution < -0.4 is 0 Å². The Labute approximate surface area is 211 Å². The molecule has 2 atom stereocenters. The van der Waals surface area contributed by atoms with Crippen molar-refractivity contribution in [3.8, 4) is 0 Å². The molecule has 0 saturated heterocycles. The summed E-state index contributed by atoms with van der Waals surface area (Å²) in [5.74, 6) is 2.55. The second-order valence-electron chi connectivity index (χ2n) is 8.58. The molecule has 0 fully saturated rings. The van der Waals surface area contributed by atoms with Gasteiger partial charge in [-0.3, -0.25) is 4.21 Å². The average molecular weight is 532 g/mol. The highest BCUT2D eigenvalue weighted by Crippen LogP contribution is 2.15. The average Bonchev–Trinajstić information content (AvgIpc) is 2.76. The van der Waals surface area contributed by atoms with E-state index in [1.165, 1.54) is 103 Å². The molecule has 6 nitrogen and oxygen atoms in total. The molecule has 0 rings (SSSR count). The van der Waals surface area contributed by atoms with Gasteiger partial charge >= 0.3 is 8.25 Å². The Balaban J connectivity index is 0. The fourth-order valence-corrected chi connectivity index (χ4v) is 4.82. The first-order valence-electron chi connectivity index (χ1n) is 12.9. The highest BCUT2D eigenvalue weighted by atomic mass is 32.2. The summed E-state index contributed by atoms with van der Waals surface area (Å²) >= 11 is 1.87. The van der Waals surface area contributed by atoms with E-state index in [2.05, 4.69) is 6.92 Å². The van der Waals surface area contributed by atoms with Gasteiger partial charge in [0.25, 0.3) is 0 Å². The largest absolute Gasteiger partial charge is 0.692 e. The second kappa shape index (κ2) is 30.5. The molecule has 0 aromatic rings. The minimum Gasteiger partial charge on any atom is -0.394 e. The Hall–Kier alpha value is 0.440. The van der Waals surface area contributed by atoms with Crippen LogP contribution >= 0.6 is 20.0 Å². The van der Waals surface area contributed by atoms with Crippen molar-refractivity contribution < 1.29 is 28.4 Å². The maximum atomic E-state index is 11.0. The molecule has 0 amide bonds. The van der Waals surface area contributed by atoms with Crippen LogP contribution in [0, 0.1) is 0 Å². The first kappa shape index (κ1) is 35.6. The highest BCUT2D eigenvalue weighted by Gasteiger charge is 2.08. The van der Waals surface area contributed by atoms with Gasteiger partial charge in [-0.05, 0) is 12.2 Å². The van der Waals surface area contributed by atoms with Crippen LogP contribution in [0.5, 0.6) is 0 Å². The molecule has 200 valence electrons. The van der Waals surface area contributed by atoms with Crippen molar-refractivity contribution in [2.24, 2.45) is 0 Å². The summed E-state index contributed by atoms with van der Waals surface area (Å²) in [4.78, 5) is 14.2. The number of thioether (sulfide) groups is 1. The van der Waals surface area contributed by atoms with Gasteiger partial charge < -0.3 is 9.84 Å². The predicted molar refractivity (Wildman–Crippen MR) is 145 cm³/mol. The zero-order valence-corrected chi connectivity index (χ0v) is 23.8. The standard InChI is InChI=1S/C24H50O3S2.HO3P/c1-3-4-5-6-7-8-9-10-11-12-13-14-15-16-17-18-20-28-23-24(22-25)27-19-21-29(2)26;1-4(2)3/h24-25H,3-23H2,1-2H3;(H-,1,2,3)/p+1. The van der Waals surface area contributed by atoms with Gasteiger partial charge in [-0.25, -0.2) is 0 Å². The van der Waals surface area contributed by atoms with Crippen molar-refractivity contribution in [1.82, 2.24) is 0 Å². The summed E-state index contributed by atoms with van der Waals surface area (Å²) in [5.41, 5.74) is 0. The molecule has 0 heterocycles. The zero-order chi connectivity index (χ0) is 25.0. The maximum Gasteiger partial charge on any atom is 0.692 e. The van der Waals surface area contributed by atoms with Gasteiger partial charge in [0.15, 0.2) is 0 Å². The number of aliphatic hydroxyl groups is 1. The molecule has 0 aliphatic carbocycles. The summed E-state index contributed by atoms with van der Waals surface area (Å²) in [6, 6.07) is 0. The number of aliphatic hydroxyl groups excluding tert-OH is 1. The van der Waals surface area contributed by atoms with E-state index in [-0.39, 0.29) is 12.7 Å². The minimum absolute atomic E-state index is 0.0578. The van der Waals surface area contributed by atoms with E-state index in [0.717, 1.165) is 11.5 Å². The predicted octanol–water partition coefficient (Wildman–Crippen LogP) is 6.37. The molecular formula is C24H52O6PS2+. The van der Waals surface area contributed by atoms with Crippen LogP contribution in [0.2, 0.25) is 0 Å². The van der Waals surface area contributed by atoms with E-state index >= 15 is 0 Å². The van der Waals surface area contributed by atoms with Gasteiger partial charge in [-0.15, -0.1) is 9.79 Å². The molecule has 0 aromatic heterocycles. The second-order valence-corrected chi connectivity index (χ2v) is 11.8. The number of ether oxygens (including phenoxy) is 1. The lowest BCUT2D eigenvalue weighted by molar-refractivity contribution is 0.0368. The normalized spacial score (nSPS) is 12.8. The molecule has 0 aromatic carbocycles. The first-order valence-corrected chi connectivity index (χ1v) is 16.9. The first-order chi connectivity index (χ1) is 15.9. The molecule has 0 spiro atoms. The number of hydrogen-bond donors (Lipinski definition) is 3. The molecule has 33 heavy (non-hydrogen) atoms. The van der Waals surface area contributed by atoms with Crippen LogP contribution in [0.1, 0.15) is 110 Å². The molecule has 0 bridgehead atoms. The molecule has 3 N–H and O–H groups in total. The van der Waals surface area contributed by atoms with Crippen LogP contribution in [-0.4, -0.2) is 61.9 Å². The zero-order valence-electron chi connectivity index (χ0n) is 21.3. The lowest BCUT2D eigenvalue weighted by Gasteiger charge is -2.14. The Morgan fingerprint density at radius 2 is 1.21 bits per heavy atom. The topological polar surface area (TPSA) is 104 Å². The Bertz CT molecular complexity index is 426. The van der Waals surface area contributed by atoms with Gasteiger partial charge in [0.1, 0.15) is 0 Å². The number of hydrogen-bond acceptors (Lipinski definition) is 5. The molecule has 2 unspecified atom stereocenters. The number of rotatable bonds is 24. The third-order valence-corrected chi connectivity index (χ3v) is 7.30. The van der Waals surface area contributed by atoms with Crippen LogP contribution in [0.25, 0.3) is 0 Å². The van der Waals surface area contributed by atoms with Crippen molar-refractivity contribution in [3.05, 3.63) is 0 Å². The fraction of sp³-hybridized carbons (Fsp3) is 1.00. The summed E-state index contributed by atoms with van der Waals surface area (Å²) in [6.45, 7) is 2.82. The summed E-state index contributed by atoms with van der Waals surface area (Å²) in [6.07, 6.45) is 24.1. The minimum atomic E-state index is -2.87. The van der Waals surface area contributed by atoms with Gasteiger partial charge in [0.05, 0.1) is 19.3 Å². The van der Waals surface area contributed by atoms with Crippen LogP contribution in [0.4, 0.5) is 0 Å². The van der Waals surface area contributed by atoms with Crippen LogP contribution in [0.15, 0.2) is 0 Å². The van der Waals surface area contributed by atoms with E-state index < -0.39 is 19.1 Å². The third-order valence-electron chi connectivity index (χ3n) is 5.37. The molecule has 0 aliphatic heterocycles. The third kappa shape index (κ3) is 37.2. The van der Waals surface area contributed by atoms with Gasteiger partial charge in [0.2, 0.25) is 0 Å². The van der Waals surface area contributed by atoms with Crippen molar-refractivity contribution in [2.45, 2.75) is 116 Å². The Kier molecular flexibility index (Phi) is 32.9. The van der Waals surface area contributed by atoms with Gasteiger partial charge in [-0.2, -0.15) is 11.8 Å². The van der Waals surface area contributed by atoms with E-state index in [9.17, 15) is 9.32 Å². The Morgan fingerprint density at radius 3 is 1.58 bits per heavy atom. The van der Waals surface area contributed by atoms with Gasteiger partial charge in [-0.1, -0.05) is 103 Å². The monoisotopic (exact) mass is 531 g/mol. The quantitative estimate of drug-likeness (QED) is 0.0982. The number of unbranched alkanes of at least 4 members (excludes halogenated alkanes) is 15. The molecule has 0 radical (unpaired) electrons. The SMILES string of the molecule is CCCCCCCCCCCCCCCCCCSCC(CO)OCCS(C)=O.O=[P+](O)O. The van der Waals surface area contributed by atoms with E-state index in [0.29, 0.717) is 12.4 Å². The van der Waals surface area contributed by atoms with Crippen molar-refractivity contribution in [1.29, 1.82) is 0 Å². The molecule has 9 heteroatoms. The lowest BCUT2D eigenvalue weighted by Crippen LogP contribution is -2.23. The maximum absolute atomic E-state index is 11.0. The molecular weight excluding hydrogens is 479 g/mol. The smallest absolute Gasteiger partial charge is 0.394 e. The summed E-state index contributed by atoms with van der Waals surface area (Å²) < 4.78 is 25.3. The van der Waals surface area contributed by atoms with Crippen molar-refractivity contribution in [3.63, 3.8) is 0 Å². The molecule has 0 saturated carbocycles.